The molecule has 116 valence electrons. The van der Waals surface area contributed by atoms with Gasteiger partial charge in [0.05, 0.1) is 19.6 Å². The third kappa shape index (κ3) is 4.21. The lowest BCUT2D eigenvalue weighted by molar-refractivity contribution is -0.126. The number of hydrogen-bond donors (Lipinski definition) is 1. The molecule has 1 saturated heterocycles. The van der Waals surface area contributed by atoms with Crippen LogP contribution in [-0.2, 0) is 16.0 Å². The number of ether oxygens (including phenoxy) is 2. The van der Waals surface area contributed by atoms with Crippen LogP contribution in [0.2, 0.25) is 0 Å². The van der Waals surface area contributed by atoms with Gasteiger partial charge in [0, 0.05) is 12.6 Å². The van der Waals surface area contributed by atoms with Crippen LogP contribution < -0.4 is 10.1 Å². The first-order valence-electron chi connectivity index (χ1n) is 7.61. The number of amides is 1. The van der Waals surface area contributed by atoms with E-state index in [9.17, 15) is 4.79 Å². The van der Waals surface area contributed by atoms with Crippen molar-refractivity contribution in [2.45, 2.75) is 32.7 Å². The van der Waals surface area contributed by atoms with Crippen LogP contribution in [0.5, 0.6) is 5.75 Å². The molecule has 2 rings (SSSR count). The molecule has 4 heteroatoms. The summed E-state index contributed by atoms with van der Waals surface area (Å²) in [5, 5.41) is 3.18. The van der Waals surface area contributed by atoms with E-state index in [1.807, 2.05) is 18.2 Å². The number of methoxy groups -OCH3 is 1. The highest BCUT2D eigenvalue weighted by Gasteiger charge is 2.26. The zero-order chi connectivity index (χ0) is 15.2. The SMILES string of the molecule is COc1ccccc1C[C@H](NC(=O)[C@H]1CCOC1)C(C)C. The van der Waals surface area contributed by atoms with Gasteiger partial charge in [-0.15, -0.1) is 0 Å². The molecule has 0 unspecified atom stereocenters. The van der Waals surface area contributed by atoms with Gasteiger partial charge in [-0.2, -0.15) is 0 Å². The average Bonchev–Trinajstić information content (AvgIpc) is 3.01. The second kappa shape index (κ2) is 7.46. The monoisotopic (exact) mass is 291 g/mol. The minimum Gasteiger partial charge on any atom is -0.496 e. The Bertz CT molecular complexity index is 467. The van der Waals surface area contributed by atoms with Gasteiger partial charge in [-0.3, -0.25) is 4.79 Å². The van der Waals surface area contributed by atoms with Gasteiger partial charge in [0.15, 0.2) is 0 Å². The Kier molecular flexibility index (Phi) is 5.62. The number of nitrogens with one attached hydrogen (secondary N) is 1. The zero-order valence-corrected chi connectivity index (χ0v) is 13.1. The Hall–Kier alpha value is -1.55. The Balaban J connectivity index is 2.03. The summed E-state index contributed by atoms with van der Waals surface area (Å²) in [7, 11) is 1.68. The van der Waals surface area contributed by atoms with E-state index in [2.05, 4.69) is 25.2 Å². The Morgan fingerprint density at radius 3 is 2.81 bits per heavy atom. The number of rotatable bonds is 6. The molecule has 2 atom stereocenters. The smallest absolute Gasteiger partial charge is 0.225 e. The van der Waals surface area contributed by atoms with Crippen molar-refractivity contribution >= 4 is 5.91 Å². The van der Waals surface area contributed by atoms with Crippen LogP contribution in [0.4, 0.5) is 0 Å². The quantitative estimate of drug-likeness (QED) is 0.875. The molecule has 0 saturated carbocycles. The molecule has 1 aromatic carbocycles. The van der Waals surface area contributed by atoms with Crippen molar-refractivity contribution in [1.29, 1.82) is 0 Å². The van der Waals surface area contributed by atoms with Crippen LogP contribution >= 0.6 is 0 Å². The lowest BCUT2D eigenvalue weighted by Crippen LogP contribution is -2.43. The minimum atomic E-state index is 0.00363. The number of para-hydroxylation sites is 1. The first-order chi connectivity index (χ1) is 10.1. The lowest BCUT2D eigenvalue weighted by Gasteiger charge is -2.24. The van der Waals surface area contributed by atoms with E-state index in [1.54, 1.807) is 7.11 Å². The topological polar surface area (TPSA) is 47.6 Å². The summed E-state index contributed by atoms with van der Waals surface area (Å²) in [6.07, 6.45) is 1.60. The molecule has 1 aliphatic heterocycles. The van der Waals surface area contributed by atoms with Gasteiger partial charge in [0.2, 0.25) is 5.91 Å². The zero-order valence-electron chi connectivity index (χ0n) is 13.1. The Morgan fingerprint density at radius 2 is 2.19 bits per heavy atom. The van der Waals surface area contributed by atoms with Crippen molar-refractivity contribution in [2.24, 2.45) is 11.8 Å². The van der Waals surface area contributed by atoms with Gasteiger partial charge in [0.25, 0.3) is 0 Å². The molecule has 1 amide bonds. The molecule has 1 aliphatic rings. The normalized spacial score (nSPS) is 19.5. The highest BCUT2D eigenvalue weighted by atomic mass is 16.5. The van der Waals surface area contributed by atoms with Gasteiger partial charge < -0.3 is 14.8 Å². The van der Waals surface area contributed by atoms with Crippen molar-refractivity contribution < 1.29 is 14.3 Å². The second-order valence-corrected chi connectivity index (χ2v) is 5.94. The molecule has 4 nitrogen and oxygen atoms in total. The molecular weight excluding hydrogens is 266 g/mol. The summed E-state index contributed by atoms with van der Waals surface area (Å²) in [4.78, 5) is 12.3. The van der Waals surface area contributed by atoms with Gasteiger partial charge >= 0.3 is 0 Å². The molecule has 1 aromatic rings. The van der Waals surface area contributed by atoms with Crippen molar-refractivity contribution in [3.8, 4) is 5.75 Å². The molecule has 0 radical (unpaired) electrons. The van der Waals surface area contributed by atoms with Gasteiger partial charge in [0.1, 0.15) is 5.75 Å². The van der Waals surface area contributed by atoms with Gasteiger partial charge in [-0.1, -0.05) is 32.0 Å². The van der Waals surface area contributed by atoms with E-state index < -0.39 is 0 Å². The molecule has 0 spiro atoms. The van der Waals surface area contributed by atoms with E-state index in [0.717, 1.165) is 24.2 Å². The Morgan fingerprint density at radius 1 is 1.43 bits per heavy atom. The lowest BCUT2D eigenvalue weighted by atomic mass is 9.95. The number of hydrogen-bond acceptors (Lipinski definition) is 3. The van der Waals surface area contributed by atoms with E-state index >= 15 is 0 Å². The maximum atomic E-state index is 12.3. The highest BCUT2D eigenvalue weighted by molar-refractivity contribution is 5.79. The van der Waals surface area contributed by atoms with Gasteiger partial charge in [-0.25, -0.2) is 0 Å². The van der Waals surface area contributed by atoms with Crippen molar-refractivity contribution in [3.63, 3.8) is 0 Å². The molecule has 1 N–H and O–H groups in total. The van der Waals surface area contributed by atoms with E-state index in [4.69, 9.17) is 9.47 Å². The average molecular weight is 291 g/mol. The van der Waals surface area contributed by atoms with E-state index in [0.29, 0.717) is 19.1 Å². The van der Waals surface area contributed by atoms with E-state index in [-0.39, 0.29) is 17.9 Å². The van der Waals surface area contributed by atoms with Crippen molar-refractivity contribution in [2.75, 3.05) is 20.3 Å². The maximum absolute atomic E-state index is 12.3. The van der Waals surface area contributed by atoms with Crippen LogP contribution in [0.25, 0.3) is 0 Å². The summed E-state index contributed by atoms with van der Waals surface area (Å²) in [6, 6.07) is 8.08. The Labute approximate surface area is 126 Å². The fourth-order valence-corrected chi connectivity index (χ4v) is 2.60. The molecule has 21 heavy (non-hydrogen) atoms. The fourth-order valence-electron chi connectivity index (χ4n) is 2.60. The fraction of sp³-hybridized carbons (Fsp3) is 0.588. The standard InChI is InChI=1S/C17H25NO3/c1-12(2)15(18-17(19)14-8-9-21-11-14)10-13-6-4-5-7-16(13)20-3/h4-7,12,14-15H,8-11H2,1-3H3,(H,18,19)/t14-,15-/m0/s1. The molecule has 0 aromatic heterocycles. The van der Waals surface area contributed by atoms with Crippen LogP contribution in [0.3, 0.4) is 0 Å². The molecule has 1 heterocycles. The molecule has 0 aliphatic carbocycles. The summed E-state index contributed by atoms with van der Waals surface area (Å²) in [6.45, 7) is 5.50. The van der Waals surface area contributed by atoms with Crippen LogP contribution in [0.15, 0.2) is 24.3 Å². The minimum absolute atomic E-state index is 0.00363. The molecule has 0 bridgehead atoms. The summed E-state index contributed by atoms with van der Waals surface area (Å²) in [5.74, 6) is 1.35. The predicted molar refractivity (Wildman–Crippen MR) is 82.4 cm³/mol. The van der Waals surface area contributed by atoms with Crippen LogP contribution in [-0.4, -0.2) is 32.3 Å². The first-order valence-corrected chi connectivity index (χ1v) is 7.61. The summed E-state index contributed by atoms with van der Waals surface area (Å²) in [5.41, 5.74) is 1.13. The number of carbonyl (C=O) groups excluding carboxylic acids is 1. The number of benzene rings is 1. The molecular formula is C17H25NO3. The van der Waals surface area contributed by atoms with Crippen molar-refractivity contribution in [3.05, 3.63) is 29.8 Å². The summed E-state index contributed by atoms with van der Waals surface area (Å²) >= 11 is 0. The van der Waals surface area contributed by atoms with Crippen LogP contribution in [0, 0.1) is 11.8 Å². The first kappa shape index (κ1) is 15.8. The maximum Gasteiger partial charge on any atom is 0.225 e. The summed E-state index contributed by atoms with van der Waals surface area (Å²) < 4.78 is 10.7. The predicted octanol–water partition coefficient (Wildman–Crippen LogP) is 2.42. The van der Waals surface area contributed by atoms with E-state index in [1.165, 1.54) is 0 Å². The van der Waals surface area contributed by atoms with Crippen molar-refractivity contribution in [1.82, 2.24) is 5.32 Å². The number of carbonyl (C=O) groups is 1. The third-order valence-electron chi connectivity index (χ3n) is 4.07. The largest absolute Gasteiger partial charge is 0.496 e. The molecule has 1 fully saturated rings. The third-order valence-corrected chi connectivity index (χ3v) is 4.07. The highest BCUT2D eigenvalue weighted by Crippen LogP contribution is 2.22. The van der Waals surface area contributed by atoms with Gasteiger partial charge in [-0.05, 0) is 30.4 Å². The second-order valence-electron chi connectivity index (χ2n) is 5.94. The van der Waals surface area contributed by atoms with Crippen LogP contribution in [0.1, 0.15) is 25.8 Å².